The number of allylic oxidation sites excluding steroid dienone is 1. The van der Waals surface area contributed by atoms with E-state index in [0.29, 0.717) is 4.48 Å². The second kappa shape index (κ2) is 10.3. The van der Waals surface area contributed by atoms with Crippen LogP contribution in [0.1, 0.15) is 19.4 Å². The molecule has 0 aliphatic rings. The van der Waals surface area contributed by atoms with Crippen molar-refractivity contribution >= 4 is 49.6 Å². The molecule has 29 heavy (non-hydrogen) atoms. The van der Waals surface area contributed by atoms with E-state index in [1.807, 2.05) is 36.4 Å². The molecule has 0 bridgehead atoms. The fourth-order valence-corrected chi connectivity index (χ4v) is 4.38. The second-order valence-electron chi connectivity index (χ2n) is 5.84. The van der Waals surface area contributed by atoms with Gasteiger partial charge in [0.2, 0.25) is 10.0 Å². The largest absolute Gasteiger partial charge is 0.295 e. The minimum Gasteiger partial charge on any atom is -0.272 e. The van der Waals surface area contributed by atoms with Crippen LogP contribution in [0.25, 0.3) is 6.08 Å². The monoisotopic (exact) mass is 480 g/mol. The predicted octanol–water partition coefficient (Wildman–Crippen LogP) is 4.46. The highest BCUT2D eigenvalue weighted by atomic mass is 79.9. The molecule has 0 aromatic heterocycles. The Morgan fingerprint density at radius 1 is 1.21 bits per heavy atom. The average Bonchev–Trinajstić information content (AvgIpc) is 2.69. The molecule has 0 heterocycles. The van der Waals surface area contributed by atoms with E-state index in [0.717, 1.165) is 11.6 Å². The molecule has 0 saturated heterocycles. The molecule has 2 aromatic carbocycles. The van der Waals surface area contributed by atoms with E-state index in [1.54, 1.807) is 13.8 Å². The number of hydrazone groups is 1. The lowest BCUT2D eigenvalue weighted by Crippen LogP contribution is -2.30. The molecule has 0 amide bonds. The van der Waals surface area contributed by atoms with Gasteiger partial charge in [-0.1, -0.05) is 44.2 Å². The molecule has 0 aliphatic heterocycles. The Balaban J connectivity index is 2.25. The molecule has 0 aliphatic carbocycles. The van der Waals surface area contributed by atoms with Gasteiger partial charge in [-0.25, -0.2) is 8.42 Å². The molecule has 2 rings (SSSR count). The maximum atomic E-state index is 12.6. The van der Waals surface area contributed by atoms with Gasteiger partial charge in [0.15, 0.2) is 0 Å². The van der Waals surface area contributed by atoms with Crippen molar-refractivity contribution in [3.8, 4) is 0 Å². The van der Waals surface area contributed by atoms with Crippen LogP contribution in [0.4, 0.5) is 11.4 Å². The van der Waals surface area contributed by atoms with E-state index in [2.05, 4.69) is 26.5 Å². The van der Waals surface area contributed by atoms with Crippen LogP contribution in [-0.2, 0) is 10.0 Å². The van der Waals surface area contributed by atoms with Crippen LogP contribution < -0.4 is 5.43 Å². The summed E-state index contributed by atoms with van der Waals surface area (Å²) in [4.78, 5) is 10.7. The van der Waals surface area contributed by atoms with Gasteiger partial charge in [0.25, 0.3) is 5.69 Å². The van der Waals surface area contributed by atoms with Gasteiger partial charge in [-0.2, -0.15) is 9.41 Å². The number of sulfonamides is 1. The van der Waals surface area contributed by atoms with Crippen molar-refractivity contribution in [3.05, 3.63) is 68.7 Å². The van der Waals surface area contributed by atoms with E-state index in [-0.39, 0.29) is 29.4 Å². The first-order valence-electron chi connectivity index (χ1n) is 8.79. The van der Waals surface area contributed by atoms with E-state index in [9.17, 15) is 18.5 Å². The lowest BCUT2D eigenvalue weighted by Gasteiger charge is -2.18. The van der Waals surface area contributed by atoms with Crippen molar-refractivity contribution in [2.75, 3.05) is 18.5 Å². The van der Waals surface area contributed by atoms with Gasteiger partial charge >= 0.3 is 0 Å². The normalized spacial score (nSPS) is 12.5. The molecule has 0 radical (unpaired) electrons. The Bertz CT molecular complexity index is 1020. The first-order chi connectivity index (χ1) is 13.8. The van der Waals surface area contributed by atoms with Crippen LogP contribution in [0.15, 0.2) is 63.0 Å². The number of nitrogens with one attached hydrogen (secondary N) is 1. The van der Waals surface area contributed by atoms with Crippen LogP contribution in [-0.4, -0.2) is 37.0 Å². The van der Waals surface area contributed by atoms with E-state index in [1.165, 1.54) is 22.7 Å². The molecule has 0 unspecified atom stereocenters. The minimum atomic E-state index is -3.80. The first kappa shape index (κ1) is 22.7. The third-order valence-corrected chi connectivity index (χ3v) is 6.47. The van der Waals surface area contributed by atoms with Crippen molar-refractivity contribution in [3.63, 3.8) is 0 Å². The molecule has 10 heteroatoms. The summed E-state index contributed by atoms with van der Waals surface area (Å²) in [6, 6.07) is 13.3. The Morgan fingerprint density at radius 2 is 1.86 bits per heavy atom. The zero-order chi connectivity index (χ0) is 21.4. The van der Waals surface area contributed by atoms with Crippen molar-refractivity contribution in [2.45, 2.75) is 18.7 Å². The first-order valence-corrected chi connectivity index (χ1v) is 11.0. The van der Waals surface area contributed by atoms with Gasteiger partial charge < -0.3 is 0 Å². The molecule has 1 N–H and O–H groups in total. The Kier molecular flexibility index (Phi) is 8.06. The smallest absolute Gasteiger partial charge is 0.272 e. The molecular formula is C19H21BrN4O4S. The van der Waals surface area contributed by atoms with Crippen LogP contribution in [0.2, 0.25) is 0 Å². The number of rotatable bonds is 9. The lowest BCUT2D eigenvalue weighted by atomic mass is 10.2. The summed E-state index contributed by atoms with van der Waals surface area (Å²) in [6.45, 7) is 3.97. The highest BCUT2D eigenvalue weighted by Gasteiger charge is 2.25. The Hall–Kier alpha value is -2.56. The van der Waals surface area contributed by atoms with Gasteiger partial charge in [-0.3, -0.25) is 15.5 Å². The molecular weight excluding hydrogens is 460 g/mol. The van der Waals surface area contributed by atoms with Crippen molar-refractivity contribution < 1.29 is 13.3 Å². The van der Waals surface area contributed by atoms with E-state index >= 15 is 0 Å². The summed E-state index contributed by atoms with van der Waals surface area (Å²) in [5.74, 6) is 0. The maximum Gasteiger partial charge on any atom is 0.295 e. The predicted molar refractivity (Wildman–Crippen MR) is 119 cm³/mol. The number of nitro benzene ring substituents is 1. The summed E-state index contributed by atoms with van der Waals surface area (Å²) in [6.07, 6.45) is 3.29. The van der Waals surface area contributed by atoms with Gasteiger partial charge in [-0.15, -0.1) is 0 Å². The lowest BCUT2D eigenvalue weighted by molar-refractivity contribution is -0.384. The van der Waals surface area contributed by atoms with Gasteiger partial charge in [0.05, 0.1) is 16.0 Å². The summed E-state index contributed by atoms with van der Waals surface area (Å²) in [5, 5.41) is 15.4. The van der Waals surface area contributed by atoms with E-state index in [4.69, 9.17) is 0 Å². The van der Waals surface area contributed by atoms with Crippen LogP contribution in [0, 0.1) is 10.1 Å². The second-order valence-corrected chi connectivity index (χ2v) is 8.69. The standard InChI is InChI=1S/C19H21BrN4O4S/c1-3-23(4-2)29(27,28)17-10-11-18(19(13-17)24(25)26)22-21-14-16(20)12-15-8-6-5-7-9-15/h5-14,22H,3-4H2,1-2H3/b16-12-,21-14-. The number of hydrogen-bond acceptors (Lipinski definition) is 6. The molecule has 154 valence electrons. The van der Waals surface area contributed by atoms with Gasteiger partial charge in [0.1, 0.15) is 5.69 Å². The van der Waals surface area contributed by atoms with Crippen LogP contribution in [0.5, 0.6) is 0 Å². The van der Waals surface area contributed by atoms with Crippen molar-refractivity contribution in [2.24, 2.45) is 5.10 Å². The molecule has 0 fully saturated rings. The van der Waals surface area contributed by atoms with Crippen LogP contribution >= 0.6 is 15.9 Å². The molecule has 0 spiro atoms. The zero-order valence-electron chi connectivity index (χ0n) is 15.9. The minimum absolute atomic E-state index is 0.0877. The Labute approximate surface area is 178 Å². The van der Waals surface area contributed by atoms with E-state index < -0.39 is 14.9 Å². The molecule has 0 saturated carbocycles. The number of nitro groups is 1. The summed E-state index contributed by atoms with van der Waals surface area (Å²) in [7, 11) is -3.80. The Morgan fingerprint density at radius 3 is 2.45 bits per heavy atom. The number of anilines is 1. The maximum absolute atomic E-state index is 12.6. The van der Waals surface area contributed by atoms with Gasteiger partial charge in [-0.05, 0) is 39.7 Å². The fraction of sp³-hybridized carbons (Fsp3) is 0.211. The molecule has 2 aromatic rings. The summed E-state index contributed by atoms with van der Waals surface area (Å²) < 4.78 is 27.1. The molecule has 0 atom stereocenters. The third kappa shape index (κ3) is 5.96. The average molecular weight is 481 g/mol. The fourth-order valence-electron chi connectivity index (χ4n) is 2.54. The number of hydrogen-bond donors (Lipinski definition) is 1. The highest BCUT2D eigenvalue weighted by Crippen LogP contribution is 2.29. The molecule has 8 nitrogen and oxygen atoms in total. The highest BCUT2D eigenvalue weighted by molar-refractivity contribution is 9.12. The van der Waals surface area contributed by atoms with Crippen LogP contribution in [0.3, 0.4) is 0 Å². The summed E-state index contributed by atoms with van der Waals surface area (Å²) >= 11 is 3.36. The summed E-state index contributed by atoms with van der Waals surface area (Å²) in [5.41, 5.74) is 3.27. The van der Waals surface area contributed by atoms with Crippen molar-refractivity contribution in [1.29, 1.82) is 0 Å². The SMILES string of the molecule is CCN(CC)S(=O)(=O)c1ccc(N/N=C\C(Br)=C\c2ccccc2)c([N+](=O)[O-])c1. The third-order valence-electron chi connectivity index (χ3n) is 3.99. The zero-order valence-corrected chi connectivity index (χ0v) is 18.4. The van der Waals surface area contributed by atoms with Gasteiger partial charge in [0, 0.05) is 23.6 Å². The quantitative estimate of drug-likeness (QED) is 0.324. The number of nitrogens with zero attached hydrogens (tertiary/aromatic N) is 3. The topological polar surface area (TPSA) is 105 Å². The number of halogens is 1. The van der Waals surface area contributed by atoms with Crippen molar-refractivity contribution in [1.82, 2.24) is 4.31 Å². The number of benzene rings is 2.